The molecule has 0 radical (unpaired) electrons. The summed E-state index contributed by atoms with van der Waals surface area (Å²) in [5.41, 5.74) is 9.02. The van der Waals surface area contributed by atoms with E-state index in [9.17, 15) is 9.90 Å². The van der Waals surface area contributed by atoms with Crippen LogP contribution in [0.25, 0.3) is 10.4 Å². The van der Waals surface area contributed by atoms with Crippen LogP contribution in [0.4, 0.5) is 0 Å². The first kappa shape index (κ1) is 17.2. The summed E-state index contributed by atoms with van der Waals surface area (Å²) in [5.74, 6) is -0.898. The highest BCUT2D eigenvalue weighted by atomic mass is 16.7. The van der Waals surface area contributed by atoms with E-state index in [0.29, 0.717) is 5.56 Å². The first-order chi connectivity index (χ1) is 11.1. The Bertz CT molecular complexity index is 574. The topological polar surface area (TPSA) is 114 Å². The molecular formula is C15H19N3O5. The SMILES string of the molecule is CO[C@H]1OC(COC(=O)c2ccccc2)[C@@H](O)C(C)[C@@H]1N=[N+]=[N-]. The molecule has 1 aliphatic rings. The van der Waals surface area contributed by atoms with E-state index in [1.165, 1.54) is 7.11 Å². The number of hydrogen-bond acceptors (Lipinski definition) is 6. The summed E-state index contributed by atoms with van der Waals surface area (Å²) < 4.78 is 15.9. The van der Waals surface area contributed by atoms with Crippen molar-refractivity contribution in [1.29, 1.82) is 0 Å². The normalized spacial score (nSPS) is 30.3. The van der Waals surface area contributed by atoms with Crippen LogP contribution in [0.3, 0.4) is 0 Å². The van der Waals surface area contributed by atoms with Gasteiger partial charge in [-0.1, -0.05) is 30.2 Å². The summed E-state index contributed by atoms with van der Waals surface area (Å²) >= 11 is 0. The molecule has 0 spiro atoms. The van der Waals surface area contributed by atoms with Crippen LogP contribution in [0.15, 0.2) is 35.4 Å². The van der Waals surface area contributed by atoms with Gasteiger partial charge >= 0.3 is 5.97 Å². The highest BCUT2D eigenvalue weighted by molar-refractivity contribution is 5.89. The third kappa shape index (κ3) is 4.00. The second-order valence-corrected chi connectivity index (χ2v) is 5.29. The lowest BCUT2D eigenvalue weighted by molar-refractivity contribution is -0.243. The number of aliphatic hydroxyl groups excluding tert-OH is 1. The molecule has 1 aromatic rings. The van der Waals surface area contributed by atoms with Gasteiger partial charge in [0.1, 0.15) is 12.7 Å². The maximum Gasteiger partial charge on any atom is 0.338 e. The number of carbonyl (C=O) groups is 1. The lowest BCUT2D eigenvalue weighted by Crippen LogP contribution is -2.54. The molecule has 2 rings (SSSR count). The molecular weight excluding hydrogens is 302 g/mol. The van der Waals surface area contributed by atoms with Gasteiger partial charge in [0.25, 0.3) is 0 Å². The van der Waals surface area contributed by atoms with Gasteiger partial charge in [-0.05, 0) is 23.6 Å². The van der Waals surface area contributed by atoms with Crippen molar-refractivity contribution in [2.75, 3.05) is 13.7 Å². The van der Waals surface area contributed by atoms with Gasteiger partial charge in [-0.2, -0.15) is 0 Å². The number of methoxy groups -OCH3 is 1. The maximum atomic E-state index is 11.9. The van der Waals surface area contributed by atoms with Gasteiger partial charge in [-0.25, -0.2) is 4.79 Å². The second kappa shape index (κ2) is 7.94. The monoisotopic (exact) mass is 321 g/mol. The summed E-state index contributed by atoms with van der Waals surface area (Å²) in [7, 11) is 1.42. The van der Waals surface area contributed by atoms with Crippen molar-refractivity contribution in [3.8, 4) is 0 Å². The number of esters is 1. The Morgan fingerprint density at radius 1 is 1.43 bits per heavy atom. The average Bonchev–Trinajstić information content (AvgIpc) is 2.59. The fraction of sp³-hybridized carbons (Fsp3) is 0.533. The minimum Gasteiger partial charge on any atom is -0.459 e. The van der Waals surface area contributed by atoms with Crippen LogP contribution in [-0.4, -0.2) is 49.3 Å². The Kier molecular flexibility index (Phi) is 5.95. The lowest BCUT2D eigenvalue weighted by Gasteiger charge is -2.40. The van der Waals surface area contributed by atoms with Gasteiger partial charge in [-0.15, -0.1) is 0 Å². The van der Waals surface area contributed by atoms with Gasteiger partial charge in [0.05, 0.1) is 17.7 Å². The van der Waals surface area contributed by atoms with Crippen LogP contribution >= 0.6 is 0 Å². The molecule has 0 bridgehead atoms. The van der Waals surface area contributed by atoms with Crippen LogP contribution in [0, 0.1) is 5.92 Å². The second-order valence-electron chi connectivity index (χ2n) is 5.29. The zero-order valence-corrected chi connectivity index (χ0v) is 12.9. The number of carbonyl (C=O) groups excluding carboxylic acids is 1. The molecule has 124 valence electrons. The van der Waals surface area contributed by atoms with Gasteiger partial charge in [0.2, 0.25) is 0 Å². The molecule has 8 nitrogen and oxygen atoms in total. The minimum atomic E-state index is -0.944. The van der Waals surface area contributed by atoms with E-state index in [1.54, 1.807) is 37.3 Å². The number of benzene rings is 1. The molecule has 2 unspecified atom stereocenters. The van der Waals surface area contributed by atoms with Gasteiger partial charge in [-0.3, -0.25) is 0 Å². The van der Waals surface area contributed by atoms with Gasteiger partial charge in [0.15, 0.2) is 6.29 Å². The van der Waals surface area contributed by atoms with E-state index >= 15 is 0 Å². The Morgan fingerprint density at radius 3 is 2.74 bits per heavy atom. The summed E-state index contributed by atoms with van der Waals surface area (Å²) in [4.78, 5) is 14.7. The van der Waals surface area contributed by atoms with Crippen LogP contribution in [0.2, 0.25) is 0 Å². The third-order valence-electron chi connectivity index (χ3n) is 3.85. The molecule has 23 heavy (non-hydrogen) atoms. The molecule has 1 saturated heterocycles. The molecule has 1 aliphatic heterocycles. The highest BCUT2D eigenvalue weighted by Gasteiger charge is 2.43. The van der Waals surface area contributed by atoms with Crippen LogP contribution in [0.1, 0.15) is 17.3 Å². The molecule has 0 saturated carbocycles. The molecule has 1 heterocycles. The number of ether oxygens (including phenoxy) is 3. The van der Waals surface area contributed by atoms with Crippen molar-refractivity contribution in [2.45, 2.75) is 31.5 Å². The summed E-state index contributed by atoms with van der Waals surface area (Å²) in [6.07, 6.45) is -2.50. The minimum absolute atomic E-state index is 0.123. The van der Waals surface area contributed by atoms with Crippen molar-refractivity contribution in [1.82, 2.24) is 0 Å². The van der Waals surface area contributed by atoms with Crippen molar-refractivity contribution in [3.63, 3.8) is 0 Å². The van der Waals surface area contributed by atoms with Gasteiger partial charge in [0, 0.05) is 12.0 Å². The predicted molar refractivity (Wildman–Crippen MR) is 80.5 cm³/mol. The predicted octanol–water partition coefficient (Wildman–Crippen LogP) is 1.89. The molecule has 0 aromatic heterocycles. The molecule has 1 N–H and O–H groups in total. The number of rotatable bonds is 5. The fourth-order valence-electron chi connectivity index (χ4n) is 2.49. The number of nitrogens with zero attached hydrogens (tertiary/aromatic N) is 3. The average molecular weight is 321 g/mol. The van der Waals surface area contributed by atoms with E-state index in [-0.39, 0.29) is 6.61 Å². The summed E-state index contributed by atoms with van der Waals surface area (Å²) in [6, 6.07) is 7.89. The quantitative estimate of drug-likeness (QED) is 0.385. The Hall–Kier alpha value is -2.12. The molecule has 1 aromatic carbocycles. The number of aliphatic hydroxyl groups is 1. The molecule has 5 atom stereocenters. The van der Waals surface area contributed by atoms with Crippen molar-refractivity contribution >= 4 is 5.97 Å². The zero-order chi connectivity index (χ0) is 16.8. The first-order valence-corrected chi connectivity index (χ1v) is 7.21. The lowest BCUT2D eigenvalue weighted by atomic mass is 9.89. The molecule has 1 fully saturated rings. The van der Waals surface area contributed by atoms with Crippen LogP contribution in [0.5, 0.6) is 0 Å². The summed E-state index contributed by atoms with van der Waals surface area (Å²) in [5, 5.41) is 13.9. The van der Waals surface area contributed by atoms with E-state index in [0.717, 1.165) is 0 Å². The van der Waals surface area contributed by atoms with Gasteiger partial charge < -0.3 is 19.3 Å². The fourth-order valence-corrected chi connectivity index (χ4v) is 2.49. The molecule has 0 amide bonds. The van der Waals surface area contributed by atoms with E-state index in [1.807, 2.05) is 0 Å². The number of hydrogen-bond donors (Lipinski definition) is 1. The van der Waals surface area contributed by atoms with Crippen molar-refractivity contribution in [2.24, 2.45) is 11.0 Å². The van der Waals surface area contributed by atoms with Crippen LogP contribution in [-0.2, 0) is 14.2 Å². The Labute approximate surface area is 133 Å². The highest BCUT2D eigenvalue weighted by Crippen LogP contribution is 2.29. The first-order valence-electron chi connectivity index (χ1n) is 7.21. The van der Waals surface area contributed by atoms with E-state index in [2.05, 4.69) is 10.0 Å². The van der Waals surface area contributed by atoms with Crippen LogP contribution < -0.4 is 0 Å². The van der Waals surface area contributed by atoms with E-state index in [4.69, 9.17) is 19.7 Å². The smallest absolute Gasteiger partial charge is 0.338 e. The summed E-state index contributed by atoms with van der Waals surface area (Å²) in [6.45, 7) is 1.60. The third-order valence-corrected chi connectivity index (χ3v) is 3.85. The standard InChI is InChI=1S/C15H19N3O5/c1-9-12(17-18-16)15(21-2)23-11(13(9)19)8-22-14(20)10-6-4-3-5-7-10/h3-7,9,11-13,15,19H,8H2,1-2H3/t9?,11?,12-,13-,15-/m0/s1. The molecule has 0 aliphatic carbocycles. The number of azide groups is 1. The van der Waals surface area contributed by atoms with E-state index < -0.39 is 36.4 Å². The Morgan fingerprint density at radius 2 is 2.13 bits per heavy atom. The maximum absolute atomic E-state index is 11.9. The zero-order valence-electron chi connectivity index (χ0n) is 12.9. The largest absolute Gasteiger partial charge is 0.459 e. The van der Waals surface area contributed by atoms with Crippen molar-refractivity contribution in [3.05, 3.63) is 46.3 Å². The Balaban J connectivity index is 2.00. The molecule has 8 heteroatoms. The van der Waals surface area contributed by atoms with Crippen molar-refractivity contribution < 1.29 is 24.1 Å².